The average Bonchev–Trinajstić information content (AvgIpc) is 3.21. The number of alkyl halides is 3. The molecule has 2 aliphatic rings. The summed E-state index contributed by atoms with van der Waals surface area (Å²) in [6.45, 7) is 4.38. The smallest absolute Gasteiger partial charge is 0.475 e. The fraction of sp³-hybridized carbons (Fsp3) is 0.533. The van der Waals surface area contributed by atoms with Crippen LogP contribution in [0.25, 0.3) is 10.9 Å². The maximum absolute atomic E-state index is 10.6. The van der Waals surface area contributed by atoms with Gasteiger partial charge in [0.25, 0.3) is 0 Å². The third kappa shape index (κ3) is 4.42. The number of anilines is 1. The van der Waals surface area contributed by atoms with Crippen molar-refractivity contribution in [3.8, 4) is 0 Å². The largest absolute Gasteiger partial charge is 0.490 e. The quantitative estimate of drug-likeness (QED) is 0.619. The number of aromatic amines is 1. The van der Waals surface area contributed by atoms with Gasteiger partial charge in [-0.2, -0.15) is 18.3 Å². The van der Waals surface area contributed by atoms with Crippen molar-refractivity contribution in [2.24, 2.45) is 0 Å². The van der Waals surface area contributed by atoms with Crippen molar-refractivity contribution in [1.29, 1.82) is 0 Å². The Labute approximate surface area is 156 Å². The van der Waals surface area contributed by atoms with E-state index < -0.39 is 12.1 Å². The van der Waals surface area contributed by atoms with Gasteiger partial charge in [-0.25, -0.2) is 9.78 Å². The van der Waals surface area contributed by atoms with Gasteiger partial charge in [0.2, 0.25) is 0 Å². The van der Waals surface area contributed by atoms with E-state index in [0.29, 0.717) is 5.15 Å². The highest BCUT2D eigenvalue weighted by Gasteiger charge is 2.40. The fourth-order valence-corrected chi connectivity index (χ4v) is 3.28. The van der Waals surface area contributed by atoms with Gasteiger partial charge < -0.3 is 20.1 Å². The number of nitrogens with one attached hydrogen (secondary N) is 2. The Balaban J connectivity index is 0.000000260. The van der Waals surface area contributed by atoms with Crippen LogP contribution in [-0.2, 0) is 9.53 Å². The van der Waals surface area contributed by atoms with Crippen molar-refractivity contribution in [1.82, 2.24) is 20.5 Å². The zero-order chi connectivity index (χ0) is 19.7. The first-order chi connectivity index (χ1) is 12.7. The standard InChI is InChI=1S/C13H16ClN5O.C2HF3O2/c14-11-5-10-9(6-16-11)12(18-17-10)19-3-4-20-13(8-19)1-2-15-7-13;3-2(4,5)1(6)7/h5-6,15H,1-4,7-8H2,(H,17,18);(H,6,7). The third-order valence-corrected chi connectivity index (χ3v) is 4.60. The van der Waals surface area contributed by atoms with Crippen molar-refractivity contribution in [2.45, 2.75) is 18.2 Å². The Morgan fingerprint density at radius 1 is 1.44 bits per heavy atom. The molecule has 3 N–H and O–H groups in total. The highest BCUT2D eigenvalue weighted by Crippen LogP contribution is 2.31. The summed E-state index contributed by atoms with van der Waals surface area (Å²) in [4.78, 5) is 15.3. The minimum Gasteiger partial charge on any atom is -0.475 e. The summed E-state index contributed by atoms with van der Waals surface area (Å²) in [5, 5.41) is 19.5. The molecule has 148 valence electrons. The van der Waals surface area contributed by atoms with Crippen LogP contribution in [0.15, 0.2) is 12.3 Å². The lowest BCUT2D eigenvalue weighted by atomic mass is 10.0. The Bertz CT molecular complexity index is 823. The van der Waals surface area contributed by atoms with Crippen molar-refractivity contribution in [3.05, 3.63) is 17.4 Å². The number of aromatic nitrogens is 3. The van der Waals surface area contributed by atoms with Crippen molar-refractivity contribution in [3.63, 3.8) is 0 Å². The molecular formula is C15H17ClF3N5O3. The number of H-pyrrole nitrogens is 1. The van der Waals surface area contributed by atoms with Crippen LogP contribution in [0.5, 0.6) is 0 Å². The summed E-state index contributed by atoms with van der Waals surface area (Å²) in [7, 11) is 0. The molecule has 4 heterocycles. The number of aliphatic carboxylic acids is 1. The van der Waals surface area contributed by atoms with E-state index in [2.05, 4.69) is 25.4 Å². The molecule has 1 spiro atoms. The molecule has 4 rings (SSSR count). The lowest BCUT2D eigenvalue weighted by Crippen LogP contribution is -2.53. The molecule has 8 nitrogen and oxygen atoms in total. The number of fused-ring (bicyclic) bond motifs is 1. The molecule has 27 heavy (non-hydrogen) atoms. The number of carboxylic acids is 1. The van der Waals surface area contributed by atoms with Gasteiger partial charge in [0, 0.05) is 31.9 Å². The van der Waals surface area contributed by atoms with E-state index in [9.17, 15) is 13.2 Å². The molecule has 0 aliphatic carbocycles. The van der Waals surface area contributed by atoms with E-state index >= 15 is 0 Å². The fourth-order valence-electron chi connectivity index (χ4n) is 3.12. The zero-order valence-electron chi connectivity index (χ0n) is 14.0. The molecule has 2 fully saturated rings. The van der Waals surface area contributed by atoms with E-state index in [1.54, 1.807) is 12.3 Å². The average molecular weight is 408 g/mol. The predicted molar refractivity (Wildman–Crippen MR) is 91.0 cm³/mol. The first-order valence-corrected chi connectivity index (χ1v) is 8.47. The molecule has 1 unspecified atom stereocenters. The second-order valence-electron chi connectivity index (χ2n) is 6.28. The molecule has 0 radical (unpaired) electrons. The summed E-state index contributed by atoms with van der Waals surface area (Å²) in [6, 6.07) is 1.81. The summed E-state index contributed by atoms with van der Waals surface area (Å²) in [5.74, 6) is -1.81. The molecule has 0 saturated carbocycles. The third-order valence-electron chi connectivity index (χ3n) is 4.39. The highest BCUT2D eigenvalue weighted by molar-refractivity contribution is 6.30. The minimum absolute atomic E-state index is 0.0661. The number of carboxylic acid groups (broad SMARTS) is 1. The van der Waals surface area contributed by atoms with E-state index in [1.807, 2.05) is 0 Å². The minimum atomic E-state index is -5.08. The summed E-state index contributed by atoms with van der Waals surface area (Å²) >= 11 is 5.91. The molecule has 2 aromatic rings. The number of hydrogen-bond acceptors (Lipinski definition) is 6. The van der Waals surface area contributed by atoms with Gasteiger partial charge in [0.05, 0.1) is 23.1 Å². The molecule has 2 aromatic heterocycles. The zero-order valence-corrected chi connectivity index (χ0v) is 14.8. The number of nitrogens with zero attached hydrogens (tertiary/aromatic N) is 3. The van der Waals surface area contributed by atoms with Crippen LogP contribution < -0.4 is 10.2 Å². The van der Waals surface area contributed by atoms with Crippen molar-refractivity contribution in [2.75, 3.05) is 37.7 Å². The van der Waals surface area contributed by atoms with Gasteiger partial charge in [-0.05, 0) is 13.0 Å². The Hall–Kier alpha value is -2.11. The molecule has 0 aromatic carbocycles. The second kappa shape index (κ2) is 7.49. The SMILES string of the molecule is Clc1cc2[nH]nc(N3CCOC4(CCNC4)C3)c2cn1.O=C(O)C(F)(F)F. The van der Waals surface area contributed by atoms with Crippen molar-refractivity contribution < 1.29 is 27.8 Å². The molecule has 2 saturated heterocycles. The number of ether oxygens (including phenoxy) is 1. The summed E-state index contributed by atoms with van der Waals surface area (Å²) in [6.07, 6.45) is -2.25. The lowest BCUT2D eigenvalue weighted by Gasteiger charge is -2.40. The number of hydrogen-bond donors (Lipinski definition) is 3. The summed E-state index contributed by atoms with van der Waals surface area (Å²) < 4.78 is 37.7. The molecule has 0 bridgehead atoms. The van der Waals surface area contributed by atoms with Crippen molar-refractivity contribution >= 4 is 34.3 Å². The second-order valence-corrected chi connectivity index (χ2v) is 6.67. The number of rotatable bonds is 1. The van der Waals surface area contributed by atoms with Crippen LogP contribution >= 0.6 is 11.6 Å². The van der Waals surface area contributed by atoms with Crippen LogP contribution in [-0.4, -0.2) is 70.8 Å². The van der Waals surface area contributed by atoms with Crippen LogP contribution in [0.2, 0.25) is 5.15 Å². The van der Waals surface area contributed by atoms with Gasteiger partial charge in [0.1, 0.15) is 5.15 Å². The van der Waals surface area contributed by atoms with E-state index in [4.69, 9.17) is 26.2 Å². The number of morpholine rings is 1. The van der Waals surface area contributed by atoms with Crippen LogP contribution in [0.1, 0.15) is 6.42 Å². The normalized spacial score (nSPS) is 22.7. The Kier molecular flexibility index (Phi) is 5.45. The topological polar surface area (TPSA) is 103 Å². The molecule has 2 aliphatic heterocycles. The van der Waals surface area contributed by atoms with E-state index in [1.165, 1.54) is 0 Å². The first kappa shape index (κ1) is 19.6. The monoisotopic (exact) mass is 407 g/mol. The van der Waals surface area contributed by atoms with Crippen LogP contribution in [0, 0.1) is 0 Å². The number of halogens is 4. The van der Waals surface area contributed by atoms with Gasteiger partial charge >= 0.3 is 12.1 Å². The first-order valence-electron chi connectivity index (χ1n) is 8.10. The number of pyridine rings is 1. The lowest BCUT2D eigenvalue weighted by molar-refractivity contribution is -0.192. The maximum atomic E-state index is 10.6. The maximum Gasteiger partial charge on any atom is 0.490 e. The molecule has 0 amide bonds. The highest BCUT2D eigenvalue weighted by atomic mass is 35.5. The van der Waals surface area contributed by atoms with Gasteiger partial charge in [0.15, 0.2) is 5.82 Å². The Morgan fingerprint density at radius 2 is 2.19 bits per heavy atom. The number of carbonyl (C=O) groups is 1. The van der Waals surface area contributed by atoms with E-state index in [-0.39, 0.29) is 5.60 Å². The van der Waals surface area contributed by atoms with Gasteiger partial charge in [-0.1, -0.05) is 11.6 Å². The molecular weight excluding hydrogens is 391 g/mol. The van der Waals surface area contributed by atoms with Crippen LogP contribution in [0.3, 0.4) is 0 Å². The van der Waals surface area contributed by atoms with E-state index in [0.717, 1.165) is 55.9 Å². The van der Waals surface area contributed by atoms with Crippen LogP contribution in [0.4, 0.5) is 19.0 Å². The molecule has 12 heteroatoms. The molecule has 1 atom stereocenters. The Morgan fingerprint density at radius 3 is 2.81 bits per heavy atom. The van der Waals surface area contributed by atoms with Gasteiger partial charge in [-0.3, -0.25) is 5.10 Å². The predicted octanol–water partition coefficient (Wildman–Crippen LogP) is 1.81. The summed E-state index contributed by atoms with van der Waals surface area (Å²) in [5.41, 5.74) is 0.855. The van der Waals surface area contributed by atoms with Gasteiger partial charge in [-0.15, -0.1) is 0 Å².